The molecule has 136 valence electrons. The van der Waals surface area contributed by atoms with Gasteiger partial charge in [0.15, 0.2) is 0 Å². The van der Waals surface area contributed by atoms with Gasteiger partial charge in [-0.15, -0.1) is 0 Å². The molecule has 2 rings (SSSR count). The van der Waals surface area contributed by atoms with Crippen LogP contribution in [0.5, 0.6) is 0 Å². The molecule has 0 aliphatic rings. The van der Waals surface area contributed by atoms with Gasteiger partial charge in [-0.1, -0.05) is 55.3 Å². The summed E-state index contributed by atoms with van der Waals surface area (Å²) in [6.45, 7) is 6.49. The highest BCUT2D eigenvalue weighted by Gasteiger charge is 2.14. The van der Waals surface area contributed by atoms with Gasteiger partial charge in [-0.25, -0.2) is 0 Å². The monoisotopic (exact) mass is 370 g/mol. The second-order valence-electron chi connectivity index (χ2n) is 6.53. The highest BCUT2D eigenvalue weighted by atomic mass is 35.5. The first-order valence-electron chi connectivity index (χ1n) is 8.48. The fourth-order valence-corrected chi connectivity index (χ4v) is 2.30. The molecule has 0 aliphatic heterocycles. The molecule has 0 heterocycles. The highest BCUT2D eigenvalue weighted by Crippen LogP contribution is 2.13. The maximum atomic E-state index is 12.5. The van der Waals surface area contributed by atoms with E-state index in [1.54, 1.807) is 42.5 Å². The summed E-state index contributed by atoms with van der Waals surface area (Å²) in [5.74, 6) is -0.345. The second-order valence-corrected chi connectivity index (χ2v) is 6.97. The standard InChI is InChI=1S/C21H23ClN2O2/c1-14(2)13-23-21(26)19(12-16-6-10-18(22)11-7-16)24-20(25)17-8-4-15(3)5-9-17/h4-12,14H,13H2,1-3H3,(H,23,26)(H,24,25)/b19-12+. The molecule has 2 aromatic carbocycles. The van der Waals surface area contributed by atoms with Gasteiger partial charge < -0.3 is 10.6 Å². The number of nitrogens with one attached hydrogen (secondary N) is 2. The number of hydrogen-bond donors (Lipinski definition) is 2. The van der Waals surface area contributed by atoms with Gasteiger partial charge in [0.05, 0.1) is 0 Å². The molecule has 5 heteroatoms. The Morgan fingerprint density at radius 3 is 2.23 bits per heavy atom. The van der Waals surface area contributed by atoms with Gasteiger partial charge in [0, 0.05) is 17.1 Å². The van der Waals surface area contributed by atoms with Crippen LogP contribution in [0.4, 0.5) is 0 Å². The van der Waals surface area contributed by atoms with Crippen molar-refractivity contribution in [2.45, 2.75) is 20.8 Å². The third-order valence-corrected chi connectivity index (χ3v) is 3.91. The van der Waals surface area contributed by atoms with Crippen LogP contribution in [-0.2, 0) is 4.79 Å². The van der Waals surface area contributed by atoms with Crippen LogP contribution >= 0.6 is 11.6 Å². The lowest BCUT2D eigenvalue weighted by Crippen LogP contribution is -2.36. The summed E-state index contributed by atoms with van der Waals surface area (Å²) in [4.78, 5) is 25.0. The zero-order valence-corrected chi connectivity index (χ0v) is 15.9. The van der Waals surface area contributed by atoms with Crippen molar-refractivity contribution in [3.63, 3.8) is 0 Å². The van der Waals surface area contributed by atoms with Crippen molar-refractivity contribution >= 4 is 29.5 Å². The average molecular weight is 371 g/mol. The third kappa shape index (κ3) is 6.05. The van der Waals surface area contributed by atoms with E-state index in [1.807, 2.05) is 32.9 Å². The Labute approximate surface area is 159 Å². The van der Waals surface area contributed by atoms with E-state index >= 15 is 0 Å². The minimum Gasteiger partial charge on any atom is -0.351 e. The summed E-state index contributed by atoms with van der Waals surface area (Å²) in [6.07, 6.45) is 1.64. The van der Waals surface area contributed by atoms with Gasteiger partial charge in [-0.2, -0.15) is 0 Å². The molecule has 2 amide bonds. The van der Waals surface area contributed by atoms with Crippen molar-refractivity contribution in [3.8, 4) is 0 Å². The quantitative estimate of drug-likeness (QED) is 0.749. The van der Waals surface area contributed by atoms with Crippen LogP contribution in [-0.4, -0.2) is 18.4 Å². The van der Waals surface area contributed by atoms with E-state index in [0.717, 1.165) is 11.1 Å². The van der Waals surface area contributed by atoms with Crippen molar-refractivity contribution < 1.29 is 9.59 Å². The predicted octanol–water partition coefficient (Wildman–Crippen LogP) is 4.19. The fraction of sp³-hybridized carbons (Fsp3) is 0.238. The van der Waals surface area contributed by atoms with E-state index in [1.165, 1.54) is 0 Å². The molecule has 0 fully saturated rings. The van der Waals surface area contributed by atoms with E-state index in [4.69, 9.17) is 11.6 Å². The first-order chi connectivity index (χ1) is 12.3. The molecular formula is C21H23ClN2O2. The average Bonchev–Trinajstić information content (AvgIpc) is 2.61. The van der Waals surface area contributed by atoms with Crippen LogP contribution in [0.3, 0.4) is 0 Å². The van der Waals surface area contributed by atoms with Gasteiger partial charge in [-0.05, 0) is 48.7 Å². The Hall–Kier alpha value is -2.59. The third-order valence-electron chi connectivity index (χ3n) is 3.66. The molecule has 0 aromatic heterocycles. The molecule has 26 heavy (non-hydrogen) atoms. The number of amides is 2. The largest absolute Gasteiger partial charge is 0.351 e. The molecule has 0 spiro atoms. The number of benzene rings is 2. The first-order valence-corrected chi connectivity index (χ1v) is 8.86. The van der Waals surface area contributed by atoms with Crippen LogP contribution < -0.4 is 10.6 Å². The number of halogens is 1. The molecular weight excluding hydrogens is 348 g/mol. The van der Waals surface area contributed by atoms with Gasteiger partial charge in [-0.3, -0.25) is 9.59 Å². The number of carbonyl (C=O) groups excluding carboxylic acids is 2. The Balaban J connectivity index is 2.24. The maximum absolute atomic E-state index is 12.5. The summed E-state index contributed by atoms with van der Waals surface area (Å²) in [5.41, 5.74) is 2.52. The predicted molar refractivity (Wildman–Crippen MR) is 106 cm³/mol. The van der Waals surface area contributed by atoms with E-state index in [9.17, 15) is 9.59 Å². The van der Waals surface area contributed by atoms with Crippen molar-refractivity contribution in [1.29, 1.82) is 0 Å². The zero-order valence-electron chi connectivity index (χ0n) is 15.2. The van der Waals surface area contributed by atoms with Gasteiger partial charge in [0.2, 0.25) is 0 Å². The molecule has 2 N–H and O–H groups in total. The number of aryl methyl sites for hydroxylation is 1. The van der Waals surface area contributed by atoms with Crippen molar-refractivity contribution in [2.24, 2.45) is 5.92 Å². The Kier molecular flexibility index (Phi) is 6.98. The fourth-order valence-electron chi connectivity index (χ4n) is 2.18. The smallest absolute Gasteiger partial charge is 0.267 e. The molecule has 0 bridgehead atoms. The molecule has 4 nitrogen and oxygen atoms in total. The molecule has 0 aliphatic carbocycles. The van der Waals surface area contributed by atoms with Crippen LogP contribution in [0.2, 0.25) is 5.02 Å². The van der Waals surface area contributed by atoms with Crippen molar-refractivity contribution in [1.82, 2.24) is 10.6 Å². The lowest BCUT2D eigenvalue weighted by molar-refractivity contribution is -0.117. The van der Waals surface area contributed by atoms with Crippen LogP contribution in [0, 0.1) is 12.8 Å². The summed E-state index contributed by atoms with van der Waals surface area (Å²) in [5, 5.41) is 6.16. The van der Waals surface area contributed by atoms with Crippen molar-refractivity contribution in [3.05, 3.63) is 75.9 Å². The molecule has 0 saturated carbocycles. The number of carbonyl (C=O) groups is 2. The summed E-state index contributed by atoms with van der Waals surface area (Å²) in [6, 6.07) is 14.2. The molecule has 2 aromatic rings. The van der Waals surface area contributed by atoms with Gasteiger partial charge in [0.25, 0.3) is 11.8 Å². The lowest BCUT2D eigenvalue weighted by Gasteiger charge is -2.12. The van der Waals surface area contributed by atoms with E-state index in [-0.39, 0.29) is 17.5 Å². The van der Waals surface area contributed by atoms with Crippen molar-refractivity contribution in [2.75, 3.05) is 6.54 Å². The maximum Gasteiger partial charge on any atom is 0.267 e. The van der Waals surface area contributed by atoms with E-state index in [2.05, 4.69) is 10.6 Å². The topological polar surface area (TPSA) is 58.2 Å². The van der Waals surface area contributed by atoms with E-state index in [0.29, 0.717) is 23.0 Å². The molecule has 0 radical (unpaired) electrons. The van der Waals surface area contributed by atoms with E-state index < -0.39 is 0 Å². The molecule has 0 saturated heterocycles. The number of hydrogen-bond acceptors (Lipinski definition) is 2. The summed E-state index contributed by atoms with van der Waals surface area (Å²) < 4.78 is 0. The summed E-state index contributed by atoms with van der Waals surface area (Å²) in [7, 11) is 0. The summed E-state index contributed by atoms with van der Waals surface area (Å²) >= 11 is 5.90. The minimum atomic E-state index is -0.329. The van der Waals surface area contributed by atoms with Crippen LogP contribution in [0.25, 0.3) is 6.08 Å². The Morgan fingerprint density at radius 1 is 1.04 bits per heavy atom. The Morgan fingerprint density at radius 2 is 1.65 bits per heavy atom. The first kappa shape index (κ1) is 19.7. The van der Waals surface area contributed by atoms with Crippen LogP contribution in [0.1, 0.15) is 35.3 Å². The zero-order chi connectivity index (χ0) is 19.1. The van der Waals surface area contributed by atoms with Crippen LogP contribution in [0.15, 0.2) is 54.2 Å². The Bertz CT molecular complexity index is 794. The molecule has 0 atom stereocenters. The lowest BCUT2D eigenvalue weighted by atomic mass is 10.1. The SMILES string of the molecule is Cc1ccc(C(=O)N/C(=C/c2ccc(Cl)cc2)C(=O)NCC(C)C)cc1. The van der Waals surface area contributed by atoms with Gasteiger partial charge >= 0.3 is 0 Å². The normalized spacial score (nSPS) is 11.3. The highest BCUT2D eigenvalue weighted by molar-refractivity contribution is 6.30. The second kappa shape index (κ2) is 9.20. The minimum absolute atomic E-state index is 0.193. The number of rotatable bonds is 6. The molecule has 0 unspecified atom stereocenters. The van der Waals surface area contributed by atoms with Gasteiger partial charge in [0.1, 0.15) is 5.70 Å².